The maximum Gasteiger partial charge on any atom is 0.331 e. The van der Waals surface area contributed by atoms with Crippen molar-refractivity contribution >= 4 is 24.7 Å². The quantitative estimate of drug-likeness (QED) is 0.406. The zero-order valence-corrected chi connectivity index (χ0v) is 18.7. The zero-order valence-electron chi connectivity index (χ0n) is 17.7. The minimum absolute atomic E-state index is 0.0676. The molecule has 3 rings (SSSR count). The molecule has 1 atom stereocenters. The fourth-order valence-corrected chi connectivity index (χ4v) is 8.67. The van der Waals surface area contributed by atoms with Crippen LogP contribution in [-0.4, -0.2) is 27.0 Å². The molecule has 0 N–H and O–H groups in total. The molecule has 0 aliphatic heterocycles. The van der Waals surface area contributed by atoms with Gasteiger partial charge in [-0.3, -0.25) is 0 Å². The van der Waals surface area contributed by atoms with Gasteiger partial charge in [0.2, 0.25) is 0 Å². The Bertz CT molecular complexity index is 840. The van der Waals surface area contributed by atoms with Gasteiger partial charge < -0.3 is 9.16 Å². The highest BCUT2D eigenvalue weighted by atomic mass is 28.4. The predicted molar refractivity (Wildman–Crippen MR) is 121 cm³/mol. The molecule has 0 fully saturated rings. The van der Waals surface area contributed by atoms with Crippen molar-refractivity contribution in [3.63, 3.8) is 0 Å². The highest BCUT2D eigenvalue weighted by Crippen LogP contribution is 2.39. The van der Waals surface area contributed by atoms with Gasteiger partial charge in [0.1, 0.15) is 0 Å². The summed E-state index contributed by atoms with van der Waals surface area (Å²) in [5.74, 6) is -0.293. The van der Waals surface area contributed by atoms with E-state index >= 15 is 0 Å². The molecule has 0 heterocycles. The molecule has 1 aliphatic carbocycles. The fourth-order valence-electron chi connectivity index (χ4n) is 4.04. The molecule has 0 amide bonds. The molecule has 0 radical (unpaired) electrons. The van der Waals surface area contributed by atoms with E-state index < -0.39 is 8.32 Å². The lowest BCUT2D eigenvalue weighted by Gasteiger charge is -2.44. The van der Waals surface area contributed by atoms with Gasteiger partial charge in [0.05, 0.1) is 12.7 Å². The molecule has 152 valence electrons. The minimum Gasteiger partial charge on any atom is -0.463 e. The monoisotopic (exact) mass is 406 g/mol. The van der Waals surface area contributed by atoms with Crippen molar-refractivity contribution in [1.29, 1.82) is 0 Å². The number of allylic oxidation sites excluding steroid dienone is 1. The lowest BCUT2D eigenvalue weighted by molar-refractivity contribution is -0.137. The van der Waals surface area contributed by atoms with Crippen molar-refractivity contribution in [3.05, 3.63) is 84.5 Å². The smallest absolute Gasteiger partial charge is 0.331 e. The molecule has 0 bridgehead atoms. The summed E-state index contributed by atoms with van der Waals surface area (Å²) in [6, 6.07) is 21.2. The summed E-state index contributed by atoms with van der Waals surface area (Å²) in [6.45, 7) is 9.01. The van der Waals surface area contributed by atoms with Gasteiger partial charge in [-0.05, 0) is 27.9 Å². The second kappa shape index (κ2) is 8.93. The van der Waals surface area contributed by atoms with Crippen LogP contribution in [0.3, 0.4) is 0 Å². The molecular formula is C25H30O3Si. The van der Waals surface area contributed by atoms with E-state index in [9.17, 15) is 4.79 Å². The van der Waals surface area contributed by atoms with E-state index in [1.54, 1.807) is 6.08 Å². The van der Waals surface area contributed by atoms with E-state index in [0.29, 0.717) is 13.0 Å². The lowest BCUT2D eigenvalue weighted by Crippen LogP contribution is -2.67. The van der Waals surface area contributed by atoms with Gasteiger partial charge >= 0.3 is 5.97 Å². The standard InChI is InChI=1S/C25H30O3Si/c1-5-27-24(26)19-20-16-17-21(18-20)28-29(25(2,3)4,22-12-8-6-9-13-22)23-14-10-7-11-15-23/h6-17,19,21H,5,18H2,1-4H3/b20-19-. The summed E-state index contributed by atoms with van der Waals surface area (Å²) in [5, 5.41) is 2.45. The van der Waals surface area contributed by atoms with Crippen LogP contribution in [0.1, 0.15) is 34.1 Å². The highest BCUT2D eigenvalue weighted by molar-refractivity contribution is 6.99. The molecule has 0 aromatic heterocycles. The molecule has 0 saturated heterocycles. The van der Waals surface area contributed by atoms with Crippen LogP contribution < -0.4 is 10.4 Å². The number of rotatable bonds is 6. The van der Waals surface area contributed by atoms with Crippen LogP contribution in [0.25, 0.3) is 0 Å². The predicted octanol–water partition coefficient (Wildman–Crippen LogP) is 4.38. The van der Waals surface area contributed by atoms with E-state index in [-0.39, 0.29) is 17.1 Å². The van der Waals surface area contributed by atoms with Gasteiger partial charge in [-0.15, -0.1) is 0 Å². The van der Waals surface area contributed by atoms with Crippen molar-refractivity contribution in [2.75, 3.05) is 6.61 Å². The molecule has 2 aromatic carbocycles. The lowest BCUT2D eigenvalue weighted by atomic mass is 10.2. The van der Waals surface area contributed by atoms with Crippen LogP contribution in [0.15, 0.2) is 84.5 Å². The second-order valence-corrected chi connectivity index (χ2v) is 12.6. The fraction of sp³-hybridized carbons (Fsp3) is 0.320. The average molecular weight is 407 g/mol. The van der Waals surface area contributed by atoms with Crippen LogP contribution in [0.2, 0.25) is 5.04 Å². The van der Waals surface area contributed by atoms with Gasteiger partial charge in [-0.1, -0.05) is 93.6 Å². The van der Waals surface area contributed by atoms with Crippen molar-refractivity contribution < 1.29 is 14.0 Å². The zero-order chi connectivity index (χ0) is 20.9. The van der Waals surface area contributed by atoms with Gasteiger partial charge in [0, 0.05) is 12.5 Å². The van der Waals surface area contributed by atoms with E-state index in [1.807, 2.05) is 25.1 Å². The van der Waals surface area contributed by atoms with Crippen LogP contribution in [0, 0.1) is 0 Å². The van der Waals surface area contributed by atoms with Crippen LogP contribution in [-0.2, 0) is 14.0 Å². The first kappa shape index (κ1) is 21.3. The summed E-state index contributed by atoms with van der Waals surface area (Å²) in [4.78, 5) is 11.8. The average Bonchev–Trinajstić information content (AvgIpc) is 3.13. The summed E-state index contributed by atoms with van der Waals surface area (Å²) >= 11 is 0. The summed E-state index contributed by atoms with van der Waals surface area (Å²) < 4.78 is 12.1. The third kappa shape index (κ3) is 4.60. The summed E-state index contributed by atoms with van der Waals surface area (Å²) in [5.41, 5.74) is 0.950. The first-order valence-electron chi connectivity index (χ1n) is 10.2. The van der Waals surface area contributed by atoms with Crippen LogP contribution in [0.5, 0.6) is 0 Å². The number of carbonyl (C=O) groups excluding carboxylic acids is 1. The molecule has 1 aliphatic rings. The highest BCUT2D eigenvalue weighted by Gasteiger charge is 2.51. The molecule has 1 unspecified atom stereocenters. The molecule has 0 spiro atoms. The SMILES string of the molecule is CCOC(=O)/C=C1/C=CC(O[Si](c2ccccc2)(c2ccccc2)C(C)(C)C)C1. The number of carbonyl (C=O) groups is 1. The van der Waals surface area contributed by atoms with E-state index in [2.05, 4.69) is 75.4 Å². The van der Waals surface area contributed by atoms with Gasteiger partial charge in [0.25, 0.3) is 8.32 Å². The Hall–Kier alpha value is -2.43. The Morgan fingerprint density at radius 2 is 1.59 bits per heavy atom. The van der Waals surface area contributed by atoms with E-state index in [1.165, 1.54) is 10.4 Å². The molecule has 0 saturated carbocycles. The largest absolute Gasteiger partial charge is 0.463 e. The van der Waals surface area contributed by atoms with Crippen molar-refractivity contribution in [3.8, 4) is 0 Å². The molecule has 4 heteroatoms. The maximum absolute atomic E-state index is 11.8. The van der Waals surface area contributed by atoms with E-state index in [0.717, 1.165) is 5.57 Å². The molecule has 29 heavy (non-hydrogen) atoms. The Kier molecular flexibility index (Phi) is 6.55. The Labute approximate surface area is 175 Å². The number of benzene rings is 2. The van der Waals surface area contributed by atoms with Gasteiger partial charge in [-0.2, -0.15) is 0 Å². The minimum atomic E-state index is -2.59. The Morgan fingerprint density at radius 3 is 2.07 bits per heavy atom. The first-order valence-corrected chi connectivity index (χ1v) is 12.1. The third-order valence-corrected chi connectivity index (χ3v) is 10.4. The van der Waals surface area contributed by atoms with Crippen molar-refractivity contribution in [1.82, 2.24) is 0 Å². The number of esters is 1. The molecular weight excluding hydrogens is 376 g/mol. The van der Waals surface area contributed by atoms with E-state index in [4.69, 9.17) is 9.16 Å². The van der Waals surface area contributed by atoms with Gasteiger partial charge in [-0.25, -0.2) is 4.79 Å². The maximum atomic E-state index is 11.8. The van der Waals surface area contributed by atoms with Crippen molar-refractivity contribution in [2.24, 2.45) is 0 Å². The molecule has 2 aromatic rings. The topological polar surface area (TPSA) is 35.5 Å². The number of hydrogen-bond acceptors (Lipinski definition) is 3. The van der Waals surface area contributed by atoms with Crippen LogP contribution >= 0.6 is 0 Å². The third-order valence-electron chi connectivity index (χ3n) is 5.30. The summed E-state index contributed by atoms with van der Waals surface area (Å²) in [6.07, 6.45) is 6.25. The number of hydrogen-bond donors (Lipinski definition) is 0. The Balaban J connectivity index is 2.00. The number of ether oxygens (including phenoxy) is 1. The Morgan fingerprint density at radius 1 is 1.03 bits per heavy atom. The van der Waals surface area contributed by atoms with Gasteiger partial charge in [0.15, 0.2) is 0 Å². The first-order chi connectivity index (χ1) is 13.9. The van der Waals surface area contributed by atoms with Crippen LogP contribution in [0.4, 0.5) is 0 Å². The normalized spacial score (nSPS) is 18.2. The second-order valence-electron chi connectivity index (χ2n) is 8.35. The molecule has 3 nitrogen and oxygen atoms in total. The van der Waals surface area contributed by atoms with Crippen molar-refractivity contribution in [2.45, 2.75) is 45.3 Å². The summed E-state index contributed by atoms with van der Waals surface area (Å²) in [7, 11) is -2.59.